The van der Waals surface area contributed by atoms with E-state index in [1.807, 2.05) is 12.1 Å². The lowest BCUT2D eigenvalue weighted by atomic mass is 9.99. The predicted molar refractivity (Wildman–Crippen MR) is 93.0 cm³/mol. The number of fused-ring (bicyclic) bond motifs is 3. The molecule has 0 bridgehead atoms. The average Bonchev–Trinajstić information content (AvgIpc) is 2.90. The van der Waals surface area contributed by atoms with E-state index >= 15 is 0 Å². The lowest BCUT2D eigenvalue weighted by Gasteiger charge is -2.05. The van der Waals surface area contributed by atoms with Gasteiger partial charge in [0.15, 0.2) is 0 Å². The minimum Gasteiger partial charge on any atom is -0.398 e. The average molecular weight is 289 g/mol. The number of anilines is 1. The number of hydrogen-bond donors (Lipinski definition) is 1. The van der Waals surface area contributed by atoms with Crippen molar-refractivity contribution in [1.82, 2.24) is 0 Å². The van der Waals surface area contributed by atoms with Gasteiger partial charge in [0.25, 0.3) is 0 Å². The largest absolute Gasteiger partial charge is 0.398 e. The number of nitrogens with two attached hydrogens (primary N) is 1. The molecular formula is C19H15NS. The van der Waals surface area contributed by atoms with Crippen LogP contribution in [0.3, 0.4) is 0 Å². The van der Waals surface area contributed by atoms with E-state index < -0.39 is 0 Å². The second-order valence-corrected chi connectivity index (χ2v) is 6.33. The molecule has 0 saturated carbocycles. The van der Waals surface area contributed by atoms with Crippen molar-refractivity contribution in [2.45, 2.75) is 6.42 Å². The third kappa shape index (κ3) is 2.08. The molecule has 1 nitrogen and oxygen atoms in total. The first-order chi connectivity index (χ1) is 10.3. The van der Waals surface area contributed by atoms with Crippen molar-refractivity contribution in [3.63, 3.8) is 0 Å². The topological polar surface area (TPSA) is 26.0 Å². The van der Waals surface area contributed by atoms with Gasteiger partial charge in [0.1, 0.15) is 0 Å². The molecule has 4 rings (SSSR count). The summed E-state index contributed by atoms with van der Waals surface area (Å²) in [6.45, 7) is 0. The third-order valence-corrected chi connectivity index (χ3v) is 5.10. The molecule has 0 radical (unpaired) electrons. The Labute approximate surface area is 127 Å². The van der Waals surface area contributed by atoms with Gasteiger partial charge >= 0.3 is 0 Å². The van der Waals surface area contributed by atoms with Gasteiger partial charge in [0.2, 0.25) is 0 Å². The molecule has 1 heterocycles. The highest BCUT2D eigenvalue weighted by Gasteiger charge is 2.11. The van der Waals surface area contributed by atoms with Crippen molar-refractivity contribution >= 4 is 37.2 Å². The summed E-state index contributed by atoms with van der Waals surface area (Å²) in [6.07, 6.45) is 0.957. The van der Waals surface area contributed by atoms with Gasteiger partial charge in [-0.3, -0.25) is 0 Å². The van der Waals surface area contributed by atoms with E-state index in [0.717, 1.165) is 12.1 Å². The molecule has 0 aliphatic heterocycles. The van der Waals surface area contributed by atoms with Crippen LogP contribution in [0.1, 0.15) is 11.1 Å². The molecule has 2 heteroatoms. The van der Waals surface area contributed by atoms with E-state index in [9.17, 15) is 0 Å². The summed E-state index contributed by atoms with van der Waals surface area (Å²) in [4.78, 5) is 0. The van der Waals surface area contributed by atoms with Crippen LogP contribution in [0, 0.1) is 0 Å². The maximum atomic E-state index is 6.13. The molecule has 0 aliphatic carbocycles. The van der Waals surface area contributed by atoms with Crippen LogP contribution < -0.4 is 5.73 Å². The molecule has 2 N–H and O–H groups in total. The van der Waals surface area contributed by atoms with Gasteiger partial charge in [-0.05, 0) is 29.7 Å². The minimum absolute atomic E-state index is 0.874. The van der Waals surface area contributed by atoms with Crippen molar-refractivity contribution in [2.24, 2.45) is 0 Å². The zero-order valence-corrected chi connectivity index (χ0v) is 12.4. The zero-order chi connectivity index (χ0) is 14.2. The van der Waals surface area contributed by atoms with Crippen LogP contribution in [0.4, 0.5) is 5.69 Å². The maximum absolute atomic E-state index is 6.13. The Hall–Kier alpha value is -2.32. The number of benzene rings is 3. The molecule has 0 saturated heterocycles. The fourth-order valence-corrected chi connectivity index (χ4v) is 4.08. The van der Waals surface area contributed by atoms with Crippen LogP contribution in [0.5, 0.6) is 0 Å². The van der Waals surface area contributed by atoms with Crippen molar-refractivity contribution in [3.8, 4) is 0 Å². The second kappa shape index (κ2) is 4.90. The molecule has 0 amide bonds. The smallest absolute Gasteiger partial charge is 0.0584 e. The fraction of sp³-hybridized carbons (Fsp3) is 0.0526. The molecule has 0 spiro atoms. The van der Waals surface area contributed by atoms with Gasteiger partial charge in [-0.25, -0.2) is 0 Å². The molecule has 0 unspecified atom stereocenters. The highest BCUT2D eigenvalue weighted by molar-refractivity contribution is 7.26. The Bertz CT molecular complexity index is 922. The number of rotatable bonds is 2. The van der Waals surface area contributed by atoms with Gasteiger partial charge < -0.3 is 5.73 Å². The lowest BCUT2D eigenvalue weighted by molar-refractivity contribution is 1.22. The molecule has 21 heavy (non-hydrogen) atoms. The van der Waals surface area contributed by atoms with Crippen molar-refractivity contribution in [2.75, 3.05) is 5.73 Å². The van der Waals surface area contributed by atoms with Gasteiger partial charge in [-0.2, -0.15) is 0 Å². The summed E-state index contributed by atoms with van der Waals surface area (Å²) in [6, 6.07) is 23.4. The highest BCUT2D eigenvalue weighted by atomic mass is 32.1. The molecule has 0 fully saturated rings. The normalized spacial score (nSPS) is 11.2. The summed E-state index contributed by atoms with van der Waals surface area (Å²) < 4.78 is 2.52. The Kier molecular flexibility index (Phi) is 2.90. The first-order valence-corrected chi connectivity index (χ1v) is 7.87. The van der Waals surface area contributed by atoms with E-state index in [-0.39, 0.29) is 0 Å². The third-order valence-electron chi connectivity index (χ3n) is 3.88. The van der Waals surface area contributed by atoms with E-state index in [0.29, 0.717) is 0 Å². The summed E-state index contributed by atoms with van der Waals surface area (Å²) in [5.74, 6) is 0. The van der Waals surface area contributed by atoms with Crippen molar-refractivity contribution in [3.05, 3.63) is 77.9 Å². The van der Waals surface area contributed by atoms with Crippen LogP contribution in [-0.4, -0.2) is 0 Å². The number of nitrogen functional groups attached to an aromatic ring is 1. The summed E-state index contributed by atoms with van der Waals surface area (Å²) in [7, 11) is 0. The van der Waals surface area contributed by atoms with Crippen LogP contribution in [0.2, 0.25) is 0 Å². The van der Waals surface area contributed by atoms with Crippen molar-refractivity contribution in [1.29, 1.82) is 0 Å². The van der Waals surface area contributed by atoms with Crippen molar-refractivity contribution < 1.29 is 0 Å². The molecule has 4 aromatic rings. The number of thiophene rings is 1. The Morgan fingerprint density at radius 1 is 0.810 bits per heavy atom. The second-order valence-electron chi connectivity index (χ2n) is 5.28. The predicted octanol–water partition coefficient (Wildman–Crippen LogP) is 5.23. The zero-order valence-electron chi connectivity index (χ0n) is 11.5. The minimum atomic E-state index is 0.874. The SMILES string of the molecule is Nc1cccc2c1sc1cccc(Cc3ccccc3)c12. The standard InChI is InChI=1S/C19H15NS/c20-16-10-5-9-15-18-14(12-13-6-2-1-3-7-13)8-4-11-17(18)21-19(15)16/h1-11H,12,20H2. The maximum Gasteiger partial charge on any atom is 0.0584 e. The van der Waals surface area contributed by atoms with Gasteiger partial charge in [0.05, 0.1) is 4.70 Å². The summed E-state index contributed by atoms with van der Waals surface area (Å²) >= 11 is 1.79. The lowest BCUT2D eigenvalue weighted by Crippen LogP contribution is -1.88. The Balaban J connectivity index is 1.97. The van der Waals surface area contributed by atoms with Crippen LogP contribution in [0.15, 0.2) is 66.7 Å². The molecule has 102 valence electrons. The Morgan fingerprint density at radius 3 is 2.48 bits per heavy atom. The molecule has 1 aromatic heterocycles. The quantitative estimate of drug-likeness (QED) is 0.502. The molecule has 3 aromatic carbocycles. The van der Waals surface area contributed by atoms with Crippen LogP contribution in [-0.2, 0) is 6.42 Å². The molecular weight excluding hydrogens is 274 g/mol. The number of hydrogen-bond acceptors (Lipinski definition) is 2. The Morgan fingerprint density at radius 2 is 1.62 bits per heavy atom. The van der Waals surface area contributed by atoms with E-state index in [1.54, 1.807) is 11.3 Å². The fourth-order valence-electron chi connectivity index (χ4n) is 2.91. The van der Waals surface area contributed by atoms with Crippen LogP contribution in [0.25, 0.3) is 20.2 Å². The van der Waals surface area contributed by atoms with E-state index in [4.69, 9.17) is 5.73 Å². The van der Waals surface area contributed by atoms with Gasteiger partial charge in [-0.1, -0.05) is 54.6 Å². The van der Waals surface area contributed by atoms with Gasteiger partial charge in [-0.15, -0.1) is 11.3 Å². The summed E-state index contributed by atoms with van der Waals surface area (Å²) in [5.41, 5.74) is 9.72. The van der Waals surface area contributed by atoms with Crippen LogP contribution >= 0.6 is 11.3 Å². The first-order valence-electron chi connectivity index (χ1n) is 7.05. The van der Waals surface area contributed by atoms with E-state index in [2.05, 4.69) is 54.6 Å². The summed E-state index contributed by atoms with van der Waals surface area (Å²) in [5, 5.41) is 2.63. The first kappa shape index (κ1) is 12.4. The molecule has 0 aliphatic rings. The molecule has 0 atom stereocenters. The monoisotopic (exact) mass is 289 g/mol. The van der Waals surface area contributed by atoms with Gasteiger partial charge in [0, 0.05) is 21.2 Å². The highest BCUT2D eigenvalue weighted by Crippen LogP contribution is 2.39. The van der Waals surface area contributed by atoms with E-state index in [1.165, 1.54) is 31.3 Å².